The molecule has 0 radical (unpaired) electrons. The summed E-state index contributed by atoms with van der Waals surface area (Å²) < 4.78 is 17.5. The van der Waals surface area contributed by atoms with Gasteiger partial charge in [-0.3, -0.25) is 0 Å². The number of nitrogens with zero attached hydrogens (tertiary/aromatic N) is 2. The highest BCUT2D eigenvalue weighted by Gasteiger charge is 2.09. The fourth-order valence-electron chi connectivity index (χ4n) is 1.33. The molecule has 0 aliphatic carbocycles. The van der Waals surface area contributed by atoms with Gasteiger partial charge in [0.25, 0.3) is 0 Å². The molecule has 0 aliphatic rings. The topological polar surface area (TPSA) is 64.1 Å². The van der Waals surface area contributed by atoms with Crippen LogP contribution in [0.4, 0.5) is 15.9 Å². The minimum Gasteiger partial charge on any atom is -0.463 e. The fourth-order valence-corrected chi connectivity index (χ4v) is 1.33. The number of hydrogen-bond acceptors (Lipinski definition) is 5. The standard InChI is InChI=1S/C12H10FN3O2/c1-18-12(17)11-14-6-5-10(16-11)15-9-4-2-3-8(13)7-9/h2-7H,1H3,(H,14,15,16). The van der Waals surface area contributed by atoms with E-state index in [0.29, 0.717) is 11.5 Å². The molecule has 18 heavy (non-hydrogen) atoms. The first kappa shape index (κ1) is 12.0. The predicted octanol–water partition coefficient (Wildman–Crippen LogP) is 2.15. The molecule has 2 rings (SSSR count). The normalized spacial score (nSPS) is 9.89. The molecule has 1 heterocycles. The molecule has 0 unspecified atom stereocenters. The summed E-state index contributed by atoms with van der Waals surface area (Å²) in [5.74, 6) is -0.657. The molecule has 0 bridgehead atoms. The average molecular weight is 247 g/mol. The Kier molecular flexibility index (Phi) is 3.47. The van der Waals surface area contributed by atoms with Gasteiger partial charge in [-0.05, 0) is 24.3 Å². The first-order chi connectivity index (χ1) is 8.69. The number of aromatic nitrogens is 2. The number of rotatable bonds is 3. The molecule has 1 aromatic heterocycles. The maximum Gasteiger partial charge on any atom is 0.376 e. The lowest BCUT2D eigenvalue weighted by molar-refractivity contribution is 0.0587. The van der Waals surface area contributed by atoms with Gasteiger partial charge in [0.1, 0.15) is 11.6 Å². The quantitative estimate of drug-likeness (QED) is 0.842. The lowest BCUT2D eigenvalue weighted by atomic mass is 10.3. The molecule has 5 nitrogen and oxygen atoms in total. The first-order valence-electron chi connectivity index (χ1n) is 5.13. The molecular weight excluding hydrogens is 237 g/mol. The monoisotopic (exact) mass is 247 g/mol. The molecule has 0 atom stereocenters. The Morgan fingerprint density at radius 1 is 1.39 bits per heavy atom. The van der Waals surface area contributed by atoms with Gasteiger partial charge in [-0.25, -0.2) is 19.2 Å². The van der Waals surface area contributed by atoms with E-state index in [4.69, 9.17) is 0 Å². The molecule has 1 aromatic carbocycles. The van der Waals surface area contributed by atoms with E-state index in [1.54, 1.807) is 18.2 Å². The van der Waals surface area contributed by atoms with E-state index >= 15 is 0 Å². The van der Waals surface area contributed by atoms with Gasteiger partial charge < -0.3 is 10.1 Å². The number of nitrogens with one attached hydrogen (secondary N) is 1. The van der Waals surface area contributed by atoms with Crippen LogP contribution in [0.15, 0.2) is 36.5 Å². The number of halogens is 1. The van der Waals surface area contributed by atoms with Crippen LogP contribution in [0.3, 0.4) is 0 Å². The smallest absolute Gasteiger partial charge is 0.376 e. The Labute approximate surface area is 103 Å². The molecule has 92 valence electrons. The molecule has 6 heteroatoms. The third-order valence-electron chi connectivity index (χ3n) is 2.12. The zero-order chi connectivity index (χ0) is 13.0. The van der Waals surface area contributed by atoms with Crippen molar-refractivity contribution in [3.63, 3.8) is 0 Å². The Balaban J connectivity index is 2.22. The number of carbonyl (C=O) groups is 1. The number of ether oxygens (including phenoxy) is 1. The van der Waals surface area contributed by atoms with Crippen molar-refractivity contribution >= 4 is 17.5 Å². The zero-order valence-electron chi connectivity index (χ0n) is 9.55. The van der Waals surface area contributed by atoms with Crippen LogP contribution in [0.5, 0.6) is 0 Å². The molecule has 0 amide bonds. The minimum absolute atomic E-state index is 0.0566. The maximum absolute atomic E-state index is 13.0. The number of carbonyl (C=O) groups excluding carboxylic acids is 1. The van der Waals surface area contributed by atoms with Gasteiger partial charge in [-0.1, -0.05) is 6.07 Å². The van der Waals surface area contributed by atoms with Crippen molar-refractivity contribution in [1.29, 1.82) is 0 Å². The van der Waals surface area contributed by atoms with Crippen LogP contribution in [0.1, 0.15) is 10.6 Å². The van der Waals surface area contributed by atoms with Crippen LogP contribution in [-0.4, -0.2) is 23.0 Å². The van der Waals surface area contributed by atoms with Crippen molar-refractivity contribution in [3.05, 3.63) is 48.2 Å². The highest BCUT2D eigenvalue weighted by molar-refractivity contribution is 5.85. The van der Waals surface area contributed by atoms with E-state index in [-0.39, 0.29) is 11.6 Å². The SMILES string of the molecule is COC(=O)c1nccc(Nc2cccc(F)c2)n1. The second-order valence-corrected chi connectivity index (χ2v) is 3.39. The molecule has 0 fully saturated rings. The third-order valence-corrected chi connectivity index (χ3v) is 2.12. The first-order valence-corrected chi connectivity index (χ1v) is 5.13. The lowest BCUT2D eigenvalue weighted by Crippen LogP contribution is -2.08. The van der Waals surface area contributed by atoms with E-state index in [1.165, 1.54) is 25.4 Å². The number of anilines is 2. The minimum atomic E-state index is -0.627. The summed E-state index contributed by atoms with van der Waals surface area (Å²) in [5, 5.41) is 2.87. The lowest BCUT2D eigenvalue weighted by Gasteiger charge is -2.06. The van der Waals surface area contributed by atoms with Crippen LogP contribution in [0.2, 0.25) is 0 Å². The number of benzene rings is 1. The fraction of sp³-hybridized carbons (Fsp3) is 0.0833. The van der Waals surface area contributed by atoms with E-state index < -0.39 is 5.97 Å². The Bertz CT molecular complexity index is 575. The second-order valence-electron chi connectivity index (χ2n) is 3.39. The van der Waals surface area contributed by atoms with Crippen molar-refractivity contribution in [2.45, 2.75) is 0 Å². The maximum atomic E-state index is 13.0. The van der Waals surface area contributed by atoms with Crippen molar-refractivity contribution < 1.29 is 13.9 Å². The van der Waals surface area contributed by atoms with Crippen LogP contribution < -0.4 is 5.32 Å². The van der Waals surface area contributed by atoms with Crippen molar-refractivity contribution in [2.24, 2.45) is 0 Å². The largest absolute Gasteiger partial charge is 0.463 e. The van der Waals surface area contributed by atoms with Gasteiger partial charge in [0.05, 0.1) is 7.11 Å². The molecule has 1 N–H and O–H groups in total. The van der Waals surface area contributed by atoms with Gasteiger partial charge in [0, 0.05) is 11.9 Å². The summed E-state index contributed by atoms with van der Waals surface area (Å²) in [7, 11) is 1.25. The predicted molar refractivity (Wildman–Crippen MR) is 63.1 cm³/mol. The van der Waals surface area contributed by atoms with Crippen molar-refractivity contribution in [1.82, 2.24) is 9.97 Å². The van der Waals surface area contributed by atoms with Gasteiger partial charge in [0.2, 0.25) is 5.82 Å². The van der Waals surface area contributed by atoms with Gasteiger partial charge in [-0.2, -0.15) is 0 Å². The van der Waals surface area contributed by atoms with Crippen molar-refractivity contribution in [2.75, 3.05) is 12.4 Å². The summed E-state index contributed by atoms with van der Waals surface area (Å²) in [6, 6.07) is 7.48. The number of hydrogen-bond donors (Lipinski definition) is 1. The second kappa shape index (κ2) is 5.22. The molecular formula is C12H10FN3O2. The molecule has 0 saturated carbocycles. The summed E-state index contributed by atoms with van der Waals surface area (Å²) in [4.78, 5) is 19.0. The van der Waals surface area contributed by atoms with Crippen molar-refractivity contribution in [3.8, 4) is 0 Å². The Morgan fingerprint density at radius 3 is 2.94 bits per heavy atom. The summed E-state index contributed by atoms with van der Waals surface area (Å²) in [5.41, 5.74) is 0.532. The number of methoxy groups -OCH3 is 1. The Hall–Kier alpha value is -2.50. The highest BCUT2D eigenvalue weighted by Crippen LogP contribution is 2.15. The summed E-state index contributed by atoms with van der Waals surface area (Å²) in [6.07, 6.45) is 1.42. The van der Waals surface area contributed by atoms with Gasteiger partial charge in [0.15, 0.2) is 0 Å². The average Bonchev–Trinajstić information content (AvgIpc) is 2.38. The van der Waals surface area contributed by atoms with E-state index in [0.717, 1.165) is 0 Å². The van der Waals surface area contributed by atoms with Crippen LogP contribution in [0.25, 0.3) is 0 Å². The van der Waals surface area contributed by atoms with Gasteiger partial charge in [-0.15, -0.1) is 0 Å². The van der Waals surface area contributed by atoms with E-state index in [9.17, 15) is 9.18 Å². The number of esters is 1. The van der Waals surface area contributed by atoms with Crippen LogP contribution in [0, 0.1) is 5.82 Å². The van der Waals surface area contributed by atoms with Gasteiger partial charge >= 0.3 is 5.97 Å². The van der Waals surface area contributed by atoms with E-state index in [1.807, 2.05) is 0 Å². The Morgan fingerprint density at radius 2 is 2.22 bits per heavy atom. The molecule has 2 aromatic rings. The summed E-state index contributed by atoms with van der Waals surface area (Å²) in [6.45, 7) is 0. The molecule has 0 saturated heterocycles. The van der Waals surface area contributed by atoms with Crippen LogP contribution >= 0.6 is 0 Å². The van der Waals surface area contributed by atoms with E-state index in [2.05, 4.69) is 20.0 Å². The highest BCUT2D eigenvalue weighted by atomic mass is 19.1. The third kappa shape index (κ3) is 2.79. The van der Waals surface area contributed by atoms with Crippen LogP contribution in [-0.2, 0) is 4.74 Å². The zero-order valence-corrected chi connectivity index (χ0v) is 9.55. The molecule has 0 spiro atoms. The molecule has 0 aliphatic heterocycles. The summed E-state index contributed by atoms with van der Waals surface area (Å²) >= 11 is 0.